The number of benzene rings is 1. The zero-order chi connectivity index (χ0) is 11.4. The Morgan fingerprint density at radius 1 is 1.53 bits per heavy atom. The lowest BCUT2D eigenvalue weighted by molar-refractivity contribution is 0.0599. The van der Waals surface area contributed by atoms with Crippen LogP contribution in [0.2, 0.25) is 0 Å². The second kappa shape index (κ2) is 4.61. The highest BCUT2D eigenvalue weighted by molar-refractivity contribution is 5.92. The van der Waals surface area contributed by atoms with E-state index in [1.807, 2.05) is 13.8 Å². The highest BCUT2D eigenvalue weighted by Crippen LogP contribution is 2.18. The highest BCUT2D eigenvalue weighted by Gasteiger charge is 2.14. The fourth-order valence-electron chi connectivity index (χ4n) is 1.59. The van der Waals surface area contributed by atoms with E-state index in [0.717, 1.165) is 11.1 Å². The Morgan fingerprint density at radius 3 is 2.67 bits per heavy atom. The molecule has 0 spiro atoms. The monoisotopic (exact) mass is 203 g/mol. The van der Waals surface area contributed by atoms with Crippen LogP contribution < -0.4 is 0 Å². The Labute approximate surface area is 89.3 Å². The molecule has 0 fully saturated rings. The van der Waals surface area contributed by atoms with Crippen LogP contribution in [0.4, 0.5) is 0 Å². The van der Waals surface area contributed by atoms with Crippen molar-refractivity contribution >= 4 is 5.97 Å². The maximum absolute atomic E-state index is 11.5. The van der Waals surface area contributed by atoms with Crippen LogP contribution in [-0.4, -0.2) is 13.1 Å². The molecule has 0 amide bonds. The minimum atomic E-state index is -0.382. The van der Waals surface area contributed by atoms with Crippen LogP contribution in [0.5, 0.6) is 0 Å². The van der Waals surface area contributed by atoms with E-state index in [-0.39, 0.29) is 5.97 Å². The Balaban J connectivity index is 3.43. The number of hydrogen-bond acceptors (Lipinski definition) is 3. The first-order chi connectivity index (χ1) is 7.13. The van der Waals surface area contributed by atoms with Gasteiger partial charge in [-0.2, -0.15) is 5.26 Å². The van der Waals surface area contributed by atoms with Crippen molar-refractivity contribution in [3.63, 3.8) is 0 Å². The lowest BCUT2D eigenvalue weighted by Crippen LogP contribution is -2.07. The van der Waals surface area contributed by atoms with E-state index >= 15 is 0 Å². The first kappa shape index (κ1) is 11.3. The summed E-state index contributed by atoms with van der Waals surface area (Å²) >= 11 is 0. The summed E-state index contributed by atoms with van der Waals surface area (Å²) in [6, 6.07) is 5.64. The van der Waals surface area contributed by atoms with Crippen LogP contribution in [0, 0.1) is 18.3 Å². The lowest BCUT2D eigenvalue weighted by Gasteiger charge is -2.09. The molecule has 3 heteroatoms. The topological polar surface area (TPSA) is 50.1 Å². The minimum Gasteiger partial charge on any atom is -0.465 e. The molecular weight excluding hydrogens is 190 g/mol. The first-order valence-electron chi connectivity index (χ1n) is 4.76. The minimum absolute atomic E-state index is 0.382. The smallest absolute Gasteiger partial charge is 0.338 e. The van der Waals surface area contributed by atoms with E-state index in [1.54, 1.807) is 12.1 Å². The third-order valence-corrected chi connectivity index (χ3v) is 2.27. The average Bonchev–Trinajstić information content (AvgIpc) is 2.26. The highest BCUT2D eigenvalue weighted by atomic mass is 16.5. The number of nitriles is 1. The molecule has 15 heavy (non-hydrogen) atoms. The summed E-state index contributed by atoms with van der Waals surface area (Å²) in [5.41, 5.74) is 2.70. The van der Waals surface area contributed by atoms with Gasteiger partial charge >= 0.3 is 5.97 Å². The van der Waals surface area contributed by atoms with Gasteiger partial charge in [0.25, 0.3) is 0 Å². The van der Waals surface area contributed by atoms with Gasteiger partial charge in [0, 0.05) is 0 Å². The largest absolute Gasteiger partial charge is 0.465 e. The van der Waals surface area contributed by atoms with E-state index in [2.05, 4.69) is 10.8 Å². The molecule has 1 rings (SSSR count). The maximum atomic E-state index is 11.5. The second-order valence-corrected chi connectivity index (χ2v) is 3.30. The number of rotatable bonds is 2. The Hall–Kier alpha value is -1.82. The van der Waals surface area contributed by atoms with E-state index < -0.39 is 0 Å². The molecule has 0 bridgehead atoms. The van der Waals surface area contributed by atoms with Crippen molar-refractivity contribution in [1.82, 2.24) is 0 Å². The van der Waals surface area contributed by atoms with Gasteiger partial charge in [-0.15, -0.1) is 0 Å². The fraction of sp³-hybridized carbons (Fsp3) is 0.333. The van der Waals surface area contributed by atoms with Crippen LogP contribution in [0.15, 0.2) is 12.1 Å². The normalized spacial score (nSPS) is 9.47. The van der Waals surface area contributed by atoms with Crippen LogP contribution in [0.3, 0.4) is 0 Å². The van der Waals surface area contributed by atoms with Crippen molar-refractivity contribution in [2.45, 2.75) is 20.3 Å². The average molecular weight is 203 g/mol. The van der Waals surface area contributed by atoms with E-state index in [4.69, 9.17) is 5.26 Å². The molecule has 3 nitrogen and oxygen atoms in total. The summed E-state index contributed by atoms with van der Waals surface area (Å²) in [6.45, 7) is 3.77. The van der Waals surface area contributed by atoms with Crippen LogP contribution in [0.1, 0.15) is 34.0 Å². The van der Waals surface area contributed by atoms with Crippen LogP contribution in [0.25, 0.3) is 0 Å². The predicted octanol–water partition coefficient (Wildman–Crippen LogP) is 2.22. The molecule has 0 aromatic heterocycles. The molecule has 0 heterocycles. The van der Waals surface area contributed by atoms with Gasteiger partial charge in [-0.3, -0.25) is 0 Å². The van der Waals surface area contributed by atoms with E-state index in [9.17, 15) is 4.79 Å². The summed E-state index contributed by atoms with van der Waals surface area (Å²) < 4.78 is 4.68. The number of carbonyl (C=O) groups is 1. The fourth-order valence-corrected chi connectivity index (χ4v) is 1.59. The van der Waals surface area contributed by atoms with Gasteiger partial charge < -0.3 is 4.74 Å². The molecule has 0 aliphatic rings. The third kappa shape index (κ3) is 2.16. The quantitative estimate of drug-likeness (QED) is 0.692. The van der Waals surface area contributed by atoms with Crippen molar-refractivity contribution in [2.75, 3.05) is 7.11 Å². The van der Waals surface area contributed by atoms with Crippen molar-refractivity contribution in [1.29, 1.82) is 5.26 Å². The van der Waals surface area contributed by atoms with Gasteiger partial charge in [0.15, 0.2) is 0 Å². The molecule has 0 unspecified atom stereocenters. The van der Waals surface area contributed by atoms with Gasteiger partial charge in [0.2, 0.25) is 0 Å². The van der Waals surface area contributed by atoms with Gasteiger partial charge in [-0.1, -0.05) is 6.92 Å². The van der Waals surface area contributed by atoms with E-state index in [0.29, 0.717) is 17.5 Å². The molecular formula is C12H13NO2. The van der Waals surface area contributed by atoms with Gasteiger partial charge in [-0.25, -0.2) is 4.79 Å². The zero-order valence-electron chi connectivity index (χ0n) is 9.13. The Bertz CT molecular complexity index is 430. The molecule has 1 aromatic rings. The van der Waals surface area contributed by atoms with E-state index in [1.165, 1.54) is 7.11 Å². The van der Waals surface area contributed by atoms with Gasteiger partial charge in [-0.05, 0) is 36.6 Å². The number of aryl methyl sites for hydroxylation is 1. The molecule has 0 atom stereocenters. The molecule has 0 saturated carbocycles. The molecule has 0 aliphatic carbocycles. The summed E-state index contributed by atoms with van der Waals surface area (Å²) in [5, 5.41) is 8.95. The lowest BCUT2D eigenvalue weighted by atomic mass is 9.97. The number of carbonyl (C=O) groups excluding carboxylic acids is 1. The summed E-state index contributed by atoms with van der Waals surface area (Å²) in [6.07, 6.45) is 0.646. The standard InChI is InChI=1S/C12H13NO2/c1-4-10-9(7-13)5-8(2)6-11(10)12(14)15-3/h5-6H,4H2,1-3H3. The second-order valence-electron chi connectivity index (χ2n) is 3.30. The van der Waals surface area contributed by atoms with Crippen molar-refractivity contribution in [2.24, 2.45) is 0 Å². The Morgan fingerprint density at radius 2 is 2.20 bits per heavy atom. The first-order valence-corrected chi connectivity index (χ1v) is 4.76. The summed E-state index contributed by atoms with van der Waals surface area (Å²) in [7, 11) is 1.34. The summed E-state index contributed by atoms with van der Waals surface area (Å²) in [5.74, 6) is -0.382. The van der Waals surface area contributed by atoms with Crippen LogP contribution in [-0.2, 0) is 11.2 Å². The van der Waals surface area contributed by atoms with Crippen LogP contribution >= 0.6 is 0 Å². The summed E-state index contributed by atoms with van der Waals surface area (Å²) in [4.78, 5) is 11.5. The van der Waals surface area contributed by atoms with Gasteiger partial charge in [0.1, 0.15) is 0 Å². The predicted molar refractivity (Wildman–Crippen MR) is 56.6 cm³/mol. The SMILES string of the molecule is CCc1c(C#N)cc(C)cc1C(=O)OC. The molecule has 0 radical (unpaired) electrons. The number of methoxy groups -OCH3 is 1. The van der Waals surface area contributed by atoms with Crippen molar-refractivity contribution < 1.29 is 9.53 Å². The third-order valence-electron chi connectivity index (χ3n) is 2.27. The molecule has 78 valence electrons. The van der Waals surface area contributed by atoms with Gasteiger partial charge in [0.05, 0.1) is 24.3 Å². The number of hydrogen-bond donors (Lipinski definition) is 0. The number of ether oxygens (including phenoxy) is 1. The van der Waals surface area contributed by atoms with Crippen molar-refractivity contribution in [3.8, 4) is 6.07 Å². The molecule has 1 aromatic carbocycles. The molecule has 0 N–H and O–H groups in total. The number of esters is 1. The number of nitrogens with zero attached hydrogens (tertiary/aromatic N) is 1. The zero-order valence-corrected chi connectivity index (χ0v) is 9.13. The maximum Gasteiger partial charge on any atom is 0.338 e. The Kier molecular flexibility index (Phi) is 3.46. The molecule has 0 saturated heterocycles. The van der Waals surface area contributed by atoms with Crippen molar-refractivity contribution in [3.05, 3.63) is 34.4 Å². The molecule has 0 aliphatic heterocycles.